The molecule has 2 aliphatic heterocycles. The molecule has 2 amide bonds. The molecule has 1 atom stereocenters. The van der Waals surface area contributed by atoms with E-state index in [4.69, 9.17) is 4.74 Å². The maximum atomic E-state index is 12.8. The molecule has 0 radical (unpaired) electrons. The molecule has 2 aliphatic rings. The molecule has 0 spiro atoms. The van der Waals surface area contributed by atoms with Gasteiger partial charge in [-0.05, 0) is 37.3 Å². The van der Waals surface area contributed by atoms with Crippen molar-refractivity contribution in [2.45, 2.75) is 38.3 Å². The fourth-order valence-electron chi connectivity index (χ4n) is 4.40. The first kappa shape index (κ1) is 27.7. The van der Waals surface area contributed by atoms with Crippen molar-refractivity contribution in [2.24, 2.45) is 10.9 Å². The van der Waals surface area contributed by atoms with Crippen LogP contribution in [0, 0.1) is 5.92 Å². The van der Waals surface area contributed by atoms with Crippen LogP contribution in [0.4, 0.5) is 16.3 Å². The van der Waals surface area contributed by atoms with E-state index < -0.39 is 18.1 Å². The number of hydrogen-bond acceptors (Lipinski definition) is 9. The van der Waals surface area contributed by atoms with Crippen LogP contribution in [0.2, 0.25) is 0 Å². The number of aliphatic imine (C=N–C) groups is 1. The van der Waals surface area contributed by atoms with E-state index in [1.165, 1.54) is 0 Å². The van der Waals surface area contributed by atoms with Crippen LogP contribution in [0.25, 0.3) is 0 Å². The van der Waals surface area contributed by atoms with Gasteiger partial charge < -0.3 is 36.0 Å². The molecule has 1 aromatic heterocycles. The van der Waals surface area contributed by atoms with Crippen molar-refractivity contribution in [2.75, 3.05) is 42.9 Å². The Morgan fingerprint density at radius 3 is 2.69 bits per heavy atom. The van der Waals surface area contributed by atoms with Gasteiger partial charge in [-0.15, -0.1) is 0 Å². The molecule has 12 heteroatoms. The number of benzene rings is 1. The second-order valence-corrected chi connectivity index (χ2v) is 9.50. The Balaban J connectivity index is 1.21. The van der Waals surface area contributed by atoms with Crippen molar-refractivity contribution in [3.8, 4) is 0 Å². The number of carbonyl (C=O) groups excluding carboxylic acids is 2. The zero-order chi connectivity index (χ0) is 27.5. The Hall–Kier alpha value is -4.35. The van der Waals surface area contributed by atoms with Crippen molar-refractivity contribution in [3.63, 3.8) is 0 Å². The third kappa shape index (κ3) is 8.59. The number of carbonyl (C=O) groups is 3. The number of alkyl carbamates (subject to hydrolysis) is 1. The molecular weight excluding hydrogens is 502 g/mol. The second kappa shape index (κ2) is 14.0. The van der Waals surface area contributed by atoms with Gasteiger partial charge in [-0.1, -0.05) is 30.3 Å². The van der Waals surface area contributed by atoms with Gasteiger partial charge in [0.15, 0.2) is 5.96 Å². The van der Waals surface area contributed by atoms with Crippen molar-refractivity contribution in [1.29, 1.82) is 0 Å². The van der Waals surface area contributed by atoms with E-state index in [2.05, 4.69) is 36.1 Å². The average molecular weight is 538 g/mol. The molecule has 5 N–H and O–H groups in total. The van der Waals surface area contributed by atoms with Gasteiger partial charge >= 0.3 is 12.1 Å². The van der Waals surface area contributed by atoms with Gasteiger partial charge in [-0.25, -0.2) is 14.6 Å². The predicted molar refractivity (Wildman–Crippen MR) is 147 cm³/mol. The van der Waals surface area contributed by atoms with Gasteiger partial charge in [-0.2, -0.15) is 0 Å². The standard InChI is InChI=1S/C27H35N7O5/c35-24(31-17-22(25(36)37)33-27(38)39-18-19-6-2-1-3-7-19)20-9-14-34(15-10-20)23-16-21(8-13-28-23)32-26-29-11-4-5-12-30-26/h1-3,6-8,13,16,20,22H,4-5,9-12,14-15,17-18H2,(H,31,35)(H,33,38)(H,36,37)(H2,28,29,30,32)/t22-/m0/s1. The highest BCUT2D eigenvalue weighted by Gasteiger charge is 2.28. The van der Waals surface area contributed by atoms with Crippen molar-refractivity contribution >= 4 is 35.4 Å². The molecule has 0 unspecified atom stereocenters. The van der Waals surface area contributed by atoms with Gasteiger partial charge in [0.05, 0.1) is 0 Å². The Kier molecular flexibility index (Phi) is 9.92. The SMILES string of the molecule is O=C(N[C@@H](CNC(=O)C1CCN(c2cc(NC3=NCCCCN3)ccn2)CC1)C(=O)O)OCc1ccccc1. The minimum atomic E-state index is -1.30. The lowest BCUT2D eigenvalue weighted by Crippen LogP contribution is -2.50. The fourth-order valence-corrected chi connectivity index (χ4v) is 4.40. The fraction of sp³-hybridized carbons (Fsp3) is 0.444. The number of nitrogens with one attached hydrogen (secondary N) is 4. The van der Waals surface area contributed by atoms with Gasteiger partial charge in [0.25, 0.3) is 0 Å². The lowest BCUT2D eigenvalue weighted by Gasteiger charge is -2.32. The summed E-state index contributed by atoms with van der Waals surface area (Å²) in [5.41, 5.74) is 1.67. The number of carboxylic acid groups (broad SMARTS) is 1. The summed E-state index contributed by atoms with van der Waals surface area (Å²) >= 11 is 0. The van der Waals surface area contributed by atoms with Gasteiger partial charge in [0, 0.05) is 56.6 Å². The normalized spacial score (nSPS) is 16.6. The molecule has 1 fully saturated rings. The highest BCUT2D eigenvalue weighted by atomic mass is 16.5. The number of aromatic nitrogens is 1. The third-order valence-corrected chi connectivity index (χ3v) is 6.63. The first-order chi connectivity index (χ1) is 19.0. The molecule has 0 bridgehead atoms. The summed E-state index contributed by atoms with van der Waals surface area (Å²) in [6.45, 7) is 2.75. The summed E-state index contributed by atoms with van der Waals surface area (Å²) in [6.07, 6.45) is 4.25. The highest BCUT2D eigenvalue weighted by Crippen LogP contribution is 2.24. The molecule has 1 saturated heterocycles. The first-order valence-corrected chi connectivity index (χ1v) is 13.2. The number of piperidine rings is 1. The summed E-state index contributed by atoms with van der Waals surface area (Å²) in [6, 6.07) is 11.6. The van der Waals surface area contributed by atoms with E-state index in [0.717, 1.165) is 49.0 Å². The van der Waals surface area contributed by atoms with Crippen LogP contribution < -0.4 is 26.2 Å². The maximum Gasteiger partial charge on any atom is 0.408 e. The summed E-state index contributed by atoms with van der Waals surface area (Å²) < 4.78 is 5.09. The van der Waals surface area contributed by atoms with E-state index in [1.54, 1.807) is 18.3 Å². The van der Waals surface area contributed by atoms with Gasteiger partial charge in [0.2, 0.25) is 5.91 Å². The number of rotatable bonds is 9. The molecular formula is C27H35N7O5. The highest BCUT2D eigenvalue weighted by molar-refractivity contribution is 5.94. The number of anilines is 2. The van der Waals surface area contributed by atoms with Crippen molar-refractivity contribution in [3.05, 3.63) is 54.2 Å². The molecule has 0 saturated carbocycles. The minimum Gasteiger partial charge on any atom is -0.480 e. The zero-order valence-electron chi connectivity index (χ0n) is 21.8. The van der Waals surface area contributed by atoms with Crippen LogP contribution in [-0.4, -0.2) is 72.8 Å². The molecule has 2 aromatic rings. The number of aliphatic carboxylic acids is 1. The number of nitrogens with zero attached hydrogens (tertiary/aromatic N) is 3. The quantitative estimate of drug-likeness (QED) is 0.322. The predicted octanol–water partition coefficient (Wildman–Crippen LogP) is 1.95. The van der Waals surface area contributed by atoms with E-state index in [1.807, 2.05) is 30.3 Å². The smallest absolute Gasteiger partial charge is 0.408 e. The Morgan fingerprint density at radius 2 is 1.92 bits per heavy atom. The monoisotopic (exact) mass is 537 g/mol. The van der Waals surface area contributed by atoms with Crippen molar-refractivity contribution in [1.82, 2.24) is 20.9 Å². The summed E-state index contributed by atoms with van der Waals surface area (Å²) in [5, 5.41) is 21.1. The van der Waals surface area contributed by atoms with Crippen LogP contribution in [0.5, 0.6) is 0 Å². The van der Waals surface area contributed by atoms with E-state index in [-0.39, 0.29) is 25.0 Å². The molecule has 39 heavy (non-hydrogen) atoms. The van der Waals surface area contributed by atoms with Crippen LogP contribution in [0.15, 0.2) is 53.7 Å². The number of hydrogen-bond donors (Lipinski definition) is 5. The van der Waals surface area contributed by atoms with Crippen LogP contribution in [0.3, 0.4) is 0 Å². The maximum absolute atomic E-state index is 12.8. The number of amides is 2. The first-order valence-electron chi connectivity index (χ1n) is 13.2. The number of ether oxygens (including phenoxy) is 1. The van der Waals surface area contributed by atoms with E-state index in [9.17, 15) is 19.5 Å². The average Bonchev–Trinajstić information content (AvgIpc) is 3.23. The molecule has 0 aliphatic carbocycles. The largest absolute Gasteiger partial charge is 0.480 e. The van der Waals surface area contributed by atoms with E-state index in [0.29, 0.717) is 25.9 Å². The van der Waals surface area contributed by atoms with E-state index >= 15 is 0 Å². The number of guanidine groups is 1. The number of pyridine rings is 1. The molecule has 4 rings (SSSR count). The van der Waals surface area contributed by atoms with Gasteiger partial charge in [-0.3, -0.25) is 9.79 Å². The van der Waals surface area contributed by atoms with Crippen LogP contribution in [0.1, 0.15) is 31.2 Å². The lowest BCUT2D eigenvalue weighted by atomic mass is 9.95. The van der Waals surface area contributed by atoms with Crippen LogP contribution >= 0.6 is 0 Å². The topological polar surface area (TPSA) is 157 Å². The summed E-state index contributed by atoms with van der Waals surface area (Å²) in [4.78, 5) is 47.6. The van der Waals surface area contributed by atoms with Gasteiger partial charge in [0.1, 0.15) is 18.5 Å². The molecule has 12 nitrogen and oxygen atoms in total. The molecule has 208 valence electrons. The Bertz CT molecular complexity index is 1150. The lowest BCUT2D eigenvalue weighted by molar-refractivity contribution is -0.139. The Labute approximate surface area is 227 Å². The molecule has 3 heterocycles. The summed E-state index contributed by atoms with van der Waals surface area (Å²) in [5.74, 6) is -0.171. The van der Waals surface area contributed by atoms with Crippen molar-refractivity contribution < 1.29 is 24.2 Å². The zero-order valence-corrected chi connectivity index (χ0v) is 21.8. The Morgan fingerprint density at radius 1 is 1.13 bits per heavy atom. The second-order valence-electron chi connectivity index (χ2n) is 9.50. The van der Waals surface area contributed by atoms with Crippen LogP contribution in [-0.2, 0) is 20.9 Å². The number of carboxylic acids is 1. The third-order valence-electron chi connectivity index (χ3n) is 6.63. The molecule has 1 aromatic carbocycles. The minimum absolute atomic E-state index is 0.0173. The summed E-state index contributed by atoms with van der Waals surface area (Å²) in [7, 11) is 0.